The monoisotopic (exact) mass is 202 g/mol. The van der Waals surface area contributed by atoms with Gasteiger partial charge in [0.25, 0.3) is 0 Å². The van der Waals surface area contributed by atoms with Crippen LogP contribution in [0.5, 0.6) is 0 Å². The zero-order chi connectivity index (χ0) is 11.1. The summed E-state index contributed by atoms with van der Waals surface area (Å²) in [5, 5.41) is 9.08. The lowest BCUT2D eigenvalue weighted by Gasteiger charge is -2.14. The van der Waals surface area contributed by atoms with Gasteiger partial charge in [-0.3, -0.25) is 9.59 Å². The molecule has 0 aromatic rings. The predicted molar refractivity (Wildman–Crippen MR) is 52.0 cm³/mol. The molecule has 0 bridgehead atoms. The quantitative estimate of drug-likeness (QED) is 0.518. The van der Waals surface area contributed by atoms with Crippen LogP contribution in [0.1, 0.15) is 32.6 Å². The largest absolute Gasteiger partial charge is 0.393 e. The third-order valence-corrected chi connectivity index (χ3v) is 2.00. The summed E-state index contributed by atoms with van der Waals surface area (Å²) in [6.07, 6.45) is 1.08. The molecule has 0 aliphatic heterocycles. The van der Waals surface area contributed by atoms with Crippen molar-refractivity contribution in [3.05, 3.63) is 0 Å². The van der Waals surface area contributed by atoms with Crippen LogP contribution in [0.4, 0.5) is 0 Å². The summed E-state index contributed by atoms with van der Waals surface area (Å²) < 4.78 is 0. The fraction of sp³-hybridized carbons (Fsp3) is 0.778. The summed E-state index contributed by atoms with van der Waals surface area (Å²) in [5.41, 5.74) is 10.1. The molecule has 5 N–H and O–H groups in total. The van der Waals surface area contributed by atoms with E-state index in [-0.39, 0.29) is 18.2 Å². The molecule has 0 aliphatic rings. The fourth-order valence-electron chi connectivity index (χ4n) is 1.31. The summed E-state index contributed by atoms with van der Waals surface area (Å²) in [5.74, 6) is -1.19. The smallest absolute Gasteiger partial charge is 0.220 e. The van der Waals surface area contributed by atoms with Gasteiger partial charge in [-0.15, -0.1) is 0 Å². The maximum atomic E-state index is 10.9. The van der Waals surface area contributed by atoms with Crippen LogP contribution in [0.15, 0.2) is 0 Å². The third kappa shape index (κ3) is 6.42. The van der Waals surface area contributed by atoms with Crippen molar-refractivity contribution in [2.75, 3.05) is 0 Å². The summed E-state index contributed by atoms with van der Waals surface area (Å²) in [6.45, 7) is 1.60. The van der Waals surface area contributed by atoms with Crippen LogP contribution in [0.25, 0.3) is 0 Å². The number of aliphatic hydroxyl groups excluding tert-OH is 1. The molecule has 82 valence electrons. The van der Waals surface area contributed by atoms with Crippen LogP contribution < -0.4 is 11.5 Å². The Morgan fingerprint density at radius 1 is 1.36 bits per heavy atom. The summed E-state index contributed by atoms with van der Waals surface area (Å²) in [4.78, 5) is 21.3. The van der Waals surface area contributed by atoms with Gasteiger partial charge in [0.15, 0.2) is 0 Å². The van der Waals surface area contributed by atoms with Gasteiger partial charge in [-0.2, -0.15) is 0 Å². The van der Waals surface area contributed by atoms with Gasteiger partial charge in [-0.05, 0) is 26.2 Å². The highest BCUT2D eigenvalue weighted by atomic mass is 16.3. The Kier molecular flexibility index (Phi) is 5.87. The second-order valence-corrected chi connectivity index (χ2v) is 3.54. The molecular weight excluding hydrogens is 184 g/mol. The van der Waals surface area contributed by atoms with Crippen molar-refractivity contribution in [1.82, 2.24) is 0 Å². The summed E-state index contributed by atoms with van der Waals surface area (Å²) in [7, 11) is 0. The normalized spacial score (nSPS) is 14.7. The van der Waals surface area contributed by atoms with E-state index in [1.807, 2.05) is 0 Å². The average Bonchev–Trinajstić information content (AvgIpc) is 2.00. The lowest BCUT2D eigenvalue weighted by molar-refractivity contribution is -0.123. The fourth-order valence-corrected chi connectivity index (χ4v) is 1.31. The molecule has 0 saturated heterocycles. The maximum absolute atomic E-state index is 10.9. The first-order chi connectivity index (χ1) is 6.43. The zero-order valence-corrected chi connectivity index (χ0v) is 8.40. The van der Waals surface area contributed by atoms with Crippen LogP contribution in [-0.4, -0.2) is 23.0 Å². The van der Waals surface area contributed by atoms with Gasteiger partial charge in [0.1, 0.15) is 0 Å². The first-order valence-corrected chi connectivity index (χ1v) is 4.69. The van der Waals surface area contributed by atoms with Gasteiger partial charge in [0.05, 0.1) is 6.10 Å². The topological polar surface area (TPSA) is 106 Å². The van der Waals surface area contributed by atoms with Crippen molar-refractivity contribution in [3.63, 3.8) is 0 Å². The molecular formula is C9H18N2O3. The lowest BCUT2D eigenvalue weighted by atomic mass is 9.95. The van der Waals surface area contributed by atoms with E-state index in [2.05, 4.69) is 0 Å². The van der Waals surface area contributed by atoms with Crippen LogP contribution in [0.2, 0.25) is 0 Å². The minimum Gasteiger partial charge on any atom is -0.393 e. The highest BCUT2D eigenvalue weighted by Gasteiger charge is 2.17. The van der Waals surface area contributed by atoms with Gasteiger partial charge in [-0.25, -0.2) is 0 Å². The molecule has 5 nitrogen and oxygen atoms in total. The van der Waals surface area contributed by atoms with E-state index in [9.17, 15) is 9.59 Å². The Bertz CT molecular complexity index is 204. The highest BCUT2D eigenvalue weighted by Crippen LogP contribution is 2.14. The van der Waals surface area contributed by atoms with E-state index in [1.165, 1.54) is 0 Å². The van der Waals surface area contributed by atoms with Gasteiger partial charge in [0.2, 0.25) is 11.8 Å². The van der Waals surface area contributed by atoms with E-state index in [0.29, 0.717) is 19.3 Å². The number of amides is 2. The predicted octanol–water partition coefficient (Wildman–Crippen LogP) is -0.486. The van der Waals surface area contributed by atoms with Crippen molar-refractivity contribution in [2.24, 2.45) is 17.4 Å². The molecule has 5 heteroatoms. The lowest BCUT2D eigenvalue weighted by Crippen LogP contribution is -2.26. The van der Waals surface area contributed by atoms with Crippen LogP contribution in [-0.2, 0) is 9.59 Å². The molecule has 0 radical (unpaired) electrons. The van der Waals surface area contributed by atoms with Gasteiger partial charge in [-0.1, -0.05) is 0 Å². The minimum absolute atomic E-state index is 0.254. The van der Waals surface area contributed by atoms with Gasteiger partial charge < -0.3 is 16.6 Å². The van der Waals surface area contributed by atoms with Crippen molar-refractivity contribution in [1.29, 1.82) is 0 Å². The number of primary amides is 2. The van der Waals surface area contributed by atoms with Crippen LogP contribution >= 0.6 is 0 Å². The number of hydrogen-bond donors (Lipinski definition) is 3. The Hall–Kier alpha value is -1.10. The van der Waals surface area contributed by atoms with Crippen LogP contribution in [0, 0.1) is 5.92 Å². The molecule has 0 fully saturated rings. The van der Waals surface area contributed by atoms with E-state index >= 15 is 0 Å². The molecule has 2 atom stereocenters. The summed E-state index contributed by atoms with van der Waals surface area (Å²) in [6, 6.07) is 0. The highest BCUT2D eigenvalue weighted by molar-refractivity contribution is 5.77. The van der Waals surface area contributed by atoms with E-state index in [0.717, 1.165) is 0 Å². The molecule has 14 heavy (non-hydrogen) atoms. The van der Waals surface area contributed by atoms with Crippen LogP contribution in [0.3, 0.4) is 0 Å². The van der Waals surface area contributed by atoms with Crippen molar-refractivity contribution >= 4 is 11.8 Å². The first kappa shape index (κ1) is 12.9. The molecule has 0 saturated carbocycles. The molecule has 0 heterocycles. The molecule has 0 spiro atoms. The number of aliphatic hydroxyl groups is 1. The van der Waals surface area contributed by atoms with Gasteiger partial charge >= 0.3 is 0 Å². The standard InChI is InChI=1S/C9H18N2O3/c1-6(12)5-7(9(11)14)3-2-4-8(10)13/h6-7,12H,2-5H2,1H3,(H2,10,13)(H2,11,14). The number of carbonyl (C=O) groups is 2. The second-order valence-electron chi connectivity index (χ2n) is 3.54. The Balaban J connectivity index is 3.85. The third-order valence-electron chi connectivity index (χ3n) is 2.00. The molecule has 2 unspecified atom stereocenters. The molecule has 0 aliphatic carbocycles. The number of hydrogen-bond acceptors (Lipinski definition) is 3. The first-order valence-electron chi connectivity index (χ1n) is 4.69. The van der Waals surface area contributed by atoms with E-state index in [4.69, 9.17) is 16.6 Å². The Morgan fingerprint density at radius 3 is 2.29 bits per heavy atom. The number of nitrogens with two attached hydrogens (primary N) is 2. The number of carbonyl (C=O) groups excluding carboxylic acids is 2. The van der Waals surface area contributed by atoms with E-state index in [1.54, 1.807) is 6.92 Å². The van der Waals surface area contributed by atoms with Crippen molar-refractivity contribution in [3.8, 4) is 0 Å². The van der Waals surface area contributed by atoms with Crippen molar-refractivity contribution < 1.29 is 14.7 Å². The second kappa shape index (κ2) is 6.37. The van der Waals surface area contributed by atoms with E-state index < -0.39 is 12.0 Å². The zero-order valence-electron chi connectivity index (χ0n) is 8.40. The number of rotatable bonds is 7. The van der Waals surface area contributed by atoms with Gasteiger partial charge in [0, 0.05) is 12.3 Å². The Morgan fingerprint density at radius 2 is 1.93 bits per heavy atom. The molecule has 0 aromatic heterocycles. The molecule has 0 rings (SSSR count). The SMILES string of the molecule is CC(O)CC(CCCC(N)=O)C(N)=O. The molecule has 2 amide bonds. The van der Waals surface area contributed by atoms with Crippen molar-refractivity contribution in [2.45, 2.75) is 38.7 Å². The minimum atomic E-state index is -0.555. The Labute approximate surface area is 83.5 Å². The average molecular weight is 202 g/mol. The summed E-state index contributed by atoms with van der Waals surface area (Å²) >= 11 is 0. The maximum Gasteiger partial charge on any atom is 0.220 e. The molecule has 0 aromatic carbocycles.